The first-order valence-corrected chi connectivity index (χ1v) is 12.1. The molecule has 0 unspecified atom stereocenters. The van der Waals surface area contributed by atoms with Crippen molar-refractivity contribution in [3.05, 3.63) is 101 Å². The van der Waals surface area contributed by atoms with Gasteiger partial charge in [-0.1, -0.05) is 48.0 Å². The number of hydrogen-bond acceptors (Lipinski definition) is 4. The van der Waals surface area contributed by atoms with Crippen LogP contribution in [0, 0.1) is 0 Å². The number of carbonyl (C=O) groups excluding carboxylic acids is 1. The molecule has 0 radical (unpaired) electrons. The zero-order valence-corrected chi connectivity index (χ0v) is 19.0. The first-order valence-electron chi connectivity index (χ1n) is 10.3. The quantitative estimate of drug-likeness (QED) is 0.388. The molecule has 0 bridgehead atoms. The zero-order valence-electron chi connectivity index (χ0n) is 17.4. The SMILES string of the molecule is O=C(/C=C/c1ccccc1)c1ccc(N2CCN(S(=O)(=O)c3ccc(Cl)cc3)CC2)cc1. The first-order chi connectivity index (χ1) is 15.4. The Labute approximate surface area is 193 Å². The van der Waals surface area contributed by atoms with Gasteiger partial charge in [-0.3, -0.25) is 4.79 Å². The van der Waals surface area contributed by atoms with Crippen molar-refractivity contribution in [3.63, 3.8) is 0 Å². The minimum Gasteiger partial charge on any atom is -0.369 e. The molecule has 0 atom stereocenters. The molecule has 4 rings (SSSR count). The third kappa shape index (κ3) is 5.10. The molecular weight excluding hydrogens is 444 g/mol. The summed E-state index contributed by atoms with van der Waals surface area (Å²) in [4.78, 5) is 14.8. The second-order valence-corrected chi connectivity index (χ2v) is 9.87. The lowest BCUT2D eigenvalue weighted by molar-refractivity contribution is 0.104. The Balaban J connectivity index is 1.37. The van der Waals surface area contributed by atoms with Crippen LogP contribution in [0.4, 0.5) is 5.69 Å². The smallest absolute Gasteiger partial charge is 0.243 e. The van der Waals surface area contributed by atoms with Gasteiger partial charge in [0.25, 0.3) is 0 Å². The fourth-order valence-electron chi connectivity index (χ4n) is 3.61. The Hall–Kier alpha value is -2.93. The van der Waals surface area contributed by atoms with Gasteiger partial charge in [-0.2, -0.15) is 4.31 Å². The van der Waals surface area contributed by atoms with Crippen molar-refractivity contribution in [2.75, 3.05) is 31.1 Å². The first kappa shape index (κ1) is 22.3. The average Bonchev–Trinajstić information content (AvgIpc) is 2.84. The molecule has 1 aliphatic rings. The lowest BCUT2D eigenvalue weighted by Gasteiger charge is -2.35. The van der Waals surface area contributed by atoms with Gasteiger partial charge in [0.15, 0.2) is 5.78 Å². The van der Waals surface area contributed by atoms with E-state index in [0.29, 0.717) is 36.8 Å². The molecule has 0 N–H and O–H groups in total. The molecule has 164 valence electrons. The summed E-state index contributed by atoms with van der Waals surface area (Å²) in [5, 5.41) is 0.506. The summed E-state index contributed by atoms with van der Waals surface area (Å²) in [6, 6.07) is 23.4. The summed E-state index contributed by atoms with van der Waals surface area (Å²) in [5.41, 5.74) is 2.56. The van der Waals surface area contributed by atoms with E-state index in [1.165, 1.54) is 16.4 Å². The van der Waals surface area contributed by atoms with Crippen LogP contribution in [0.5, 0.6) is 0 Å². The predicted octanol–water partition coefficient (Wildman–Crippen LogP) is 4.75. The Morgan fingerprint density at radius 3 is 2.06 bits per heavy atom. The molecule has 3 aromatic rings. The van der Waals surface area contributed by atoms with Crippen LogP contribution in [0.15, 0.2) is 89.8 Å². The number of allylic oxidation sites excluding steroid dienone is 1. The molecule has 5 nitrogen and oxygen atoms in total. The maximum Gasteiger partial charge on any atom is 0.243 e. The molecule has 0 saturated carbocycles. The van der Waals surface area contributed by atoms with E-state index < -0.39 is 10.0 Å². The van der Waals surface area contributed by atoms with Gasteiger partial charge in [0.2, 0.25) is 10.0 Å². The molecular formula is C25H23ClN2O3S. The van der Waals surface area contributed by atoms with Crippen LogP contribution in [0.25, 0.3) is 6.08 Å². The van der Waals surface area contributed by atoms with Crippen LogP contribution in [-0.2, 0) is 10.0 Å². The standard InChI is InChI=1S/C25H23ClN2O3S/c26-22-9-13-24(14-10-22)32(30,31)28-18-16-27(17-19-28)23-11-7-21(8-12-23)25(29)15-6-20-4-2-1-3-5-20/h1-15H,16-19H2/b15-6+. The van der Waals surface area contributed by atoms with Crippen LogP contribution in [0.3, 0.4) is 0 Å². The van der Waals surface area contributed by atoms with Crippen molar-refractivity contribution >= 4 is 39.2 Å². The summed E-state index contributed by atoms with van der Waals surface area (Å²) in [7, 11) is -3.54. The summed E-state index contributed by atoms with van der Waals surface area (Å²) >= 11 is 5.87. The van der Waals surface area contributed by atoms with Crippen LogP contribution >= 0.6 is 11.6 Å². The predicted molar refractivity (Wildman–Crippen MR) is 129 cm³/mol. The number of sulfonamides is 1. The monoisotopic (exact) mass is 466 g/mol. The van der Waals surface area contributed by atoms with Gasteiger partial charge in [-0.15, -0.1) is 0 Å². The average molecular weight is 467 g/mol. The Bertz CT molecular complexity index is 1200. The number of rotatable bonds is 6. The van der Waals surface area contributed by atoms with E-state index >= 15 is 0 Å². The highest BCUT2D eigenvalue weighted by atomic mass is 35.5. The summed E-state index contributed by atoms with van der Waals surface area (Å²) in [6.07, 6.45) is 3.38. The highest BCUT2D eigenvalue weighted by molar-refractivity contribution is 7.89. The topological polar surface area (TPSA) is 57.7 Å². The Morgan fingerprint density at radius 2 is 1.44 bits per heavy atom. The van der Waals surface area contributed by atoms with E-state index in [9.17, 15) is 13.2 Å². The molecule has 0 aromatic heterocycles. The van der Waals surface area contributed by atoms with E-state index in [4.69, 9.17) is 11.6 Å². The molecule has 32 heavy (non-hydrogen) atoms. The van der Waals surface area contributed by atoms with Crippen LogP contribution in [0.2, 0.25) is 5.02 Å². The zero-order chi connectivity index (χ0) is 22.6. The van der Waals surface area contributed by atoms with Crippen LogP contribution < -0.4 is 4.90 Å². The number of halogens is 1. The second kappa shape index (κ2) is 9.69. The number of carbonyl (C=O) groups is 1. The number of anilines is 1. The fourth-order valence-corrected chi connectivity index (χ4v) is 5.16. The van der Waals surface area contributed by atoms with E-state index in [1.807, 2.05) is 54.6 Å². The fraction of sp³-hybridized carbons (Fsp3) is 0.160. The lowest BCUT2D eigenvalue weighted by Crippen LogP contribution is -2.48. The molecule has 0 spiro atoms. The minimum absolute atomic E-state index is 0.0562. The number of ketones is 1. The third-order valence-corrected chi connectivity index (χ3v) is 7.60. The van der Waals surface area contributed by atoms with E-state index in [-0.39, 0.29) is 10.7 Å². The maximum atomic E-state index is 12.8. The van der Waals surface area contributed by atoms with E-state index in [0.717, 1.165) is 11.3 Å². The van der Waals surface area contributed by atoms with Crippen molar-refractivity contribution < 1.29 is 13.2 Å². The molecule has 1 fully saturated rings. The number of benzene rings is 3. The van der Waals surface area contributed by atoms with Gasteiger partial charge < -0.3 is 4.90 Å². The lowest BCUT2D eigenvalue weighted by atomic mass is 10.1. The largest absolute Gasteiger partial charge is 0.369 e. The van der Waals surface area contributed by atoms with Crippen molar-refractivity contribution in [3.8, 4) is 0 Å². The van der Waals surface area contributed by atoms with Crippen molar-refractivity contribution in [1.29, 1.82) is 0 Å². The molecule has 1 heterocycles. The third-order valence-electron chi connectivity index (χ3n) is 5.43. The van der Waals surface area contributed by atoms with Crippen LogP contribution in [-0.4, -0.2) is 44.7 Å². The Morgan fingerprint density at radius 1 is 0.812 bits per heavy atom. The van der Waals surface area contributed by atoms with Crippen molar-refractivity contribution in [2.45, 2.75) is 4.90 Å². The van der Waals surface area contributed by atoms with Crippen LogP contribution in [0.1, 0.15) is 15.9 Å². The molecule has 0 aliphatic carbocycles. The summed E-state index contributed by atoms with van der Waals surface area (Å²) in [6.45, 7) is 1.94. The normalized spacial score (nSPS) is 15.2. The van der Waals surface area contributed by atoms with Crippen molar-refractivity contribution in [1.82, 2.24) is 4.31 Å². The van der Waals surface area contributed by atoms with Crippen molar-refractivity contribution in [2.24, 2.45) is 0 Å². The molecule has 1 aliphatic heterocycles. The molecule has 7 heteroatoms. The summed E-state index contributed by atoms with van der Waals surface area (Å²) < 4.78 is 27.2. The number of hydrogen-bond donors (Lipinski definition) is 0. The van der Waals surface area contributed by atoms with Gasteiger partial charge >= 0.3 is 0 Å². The number of piperazine rings is 1. The highest BCUT2D eigenvalue weighted by Crippen LogP contribution is 2.23. The summed E-state index contributed by atoms with van der Waals surface area (Å²) in [5.74, 6) is -0.0562. The van der Waals surface area contributed by atoms with Gasteiger partial charge in [0, 0.05) is 42.5 Å². The minimum atomic E-state index is -3.54. The van der Waals surface area contributed by atoms with E-state index in [2.05, 4.69) is 4.90 Å². The van der Waals surface area contributed by atoms with E-state index in [1.54, 1.807) is 24.3 Å². The molecule has 1 saturated heterocycles. The van der Waals surface area contributed by atoms with Gasteiger partial charge in [0.1, 0.15) is 0 Å². The van der Waals surface area contributed by atoms with Gasteiger partial charge in [-0.25, -0.2) is 8.42 Å². The number of nitrogens with zero attached hydrogens (tertiary/aromatic N) is 2. The maximum absolute atomic E-state index is 12.8. The highest BCUT2D eigenvalue weighted by Gasteiger charge is 2.28. The van der Waals surface area contributed by atoms with Gasteiger partial charge in [0.05, 0.1) is 4.90 Å². The molecule has 3 aromatic carbocycles. The van der Waals surface area contributed by atoms with Gasteiger partial charge in [-0.05, 0) is 60.2 Å². The molecule has 0 amide bonds. The second-order valence-electron chi connectivity index (χ2n) is 7.50. The Kier molecular flexibility index (Phi) is 6.74.